The zero-order chi connectivity index (χ0) is 23.4. The fourth-order valence-electron chi connectivity index (χ4n) is 4.00. The lowest BCUT2D eigenvalue weighted by molar-refractivity contribution is -0.137. The van der Waals surface area contributed by atoms with Gasteiger partial charge in [-0.05, 0) is 74.6 Å². The number of benzene rings is 2. The highest BCUT2D eigenvalue weighted by molar-refractivity contribution is 5.63. The van der Waals surface area contributed by atoms with Crippen LogP contribution in [-0.4, -0.2) is 16.1 Å². The maximum atomic E-state index is 13.5. The van der Waals surface area contributed by atoms with Crippen LogP contribution < -0.4 is 15.4 Å². The summed E-state index contributed by atoms with van der Waals surface area (Å²) in [6, 6.07) is 14.6. The molecule has 174 valence electrons. The molecule has 5 nitrogen and oxygen atoms in total. The molecule has 1 aromatic heterocycles. The van der Waals surface area contributed by atoms with Crippen molar-refractivity contribution < 1.29 is 17.9 Å². The summed E-state index contributed by atoms with van der Waals surface area (Å²) in [6.07, 6.45) is 1.12. The molecule has 0 bridgehead atoms. The normalized spacial score (nSPS) is 14.5. The Morgan fingerprint density at radius 3 is 2.12 bits per heavy atom. The third-order valence-corrected chi connectivity index (χ3v) is 5.58. The molecule has 0 aliphatic heterocycles. The number of ether oxygens (including phenoxy) is 1. The van der Waals surface area contributed by atoms with Gasteiger partial charge in [-0.15, -0.1) is 0 Å². The topological polar surface area (TPSA) is 59.1 Å². The quantitative estimate of drug-likeness (QED) is 0.387. The summed E-state index contributed by atoms with van der Waals surface area (Å²) in [5, 5.41) is 5.77. The van der Waals surface area contributed by atoms with E-state index in [2.05, 4.69) is 32.7 Å². The first-order valence-corrected chi connectivity index (χ1v) is 11.1. The molecule has 4 rings (SSSR count). The molecule has 3 aromatic rings. The summed E-state index contributed by atoms with van der Waals surface area (Å²) in [6.45, 7) is 3.80. The molecule has 0 radical (unpaired) electrons. The van der Waals surface area contributed by atoms with Crippen LogP contribution in [0.3, 0.4) is 0 Å². The van der Waals surface area contributed by atoms with Gasteiger partial charge in [0.25, 0.3) is 0 Å². The monoisotopic (exact) mass is 456 g/mol. The van der Waals surface area contributed by atoms with Crippen LogP contribution in [0.2, 0.25) is 0 Å². The fraction of sp³-hybridized carbons (Fsp3) is 0.360. The lowest BCUT2D eigenvalue weighted by Gasteiger charge is -2.16. The lowest BCUT2D eigenvalue weighted by atomic mass is 9.98. The zero-order valence-electron chi connectivity index (χ0n) is 18.6. The Bertz CT molecular complexity index is 1060. The van der Waals surface area contributed by atoms with Crippen LogP contribution in [0.4, 0.5) is 36.3 Å². The molecular formula is C25H27F3N4O. The number of hydrogen-bond acceptors (Lipinski definition) is 5. The Hall–Kier alpha value is -3.29. The molecule has 1 saturated carbocycles. The smallest absolute Gasteiger partial charge is 0.421 e. The molecule has 0 spiro atoms. The molecule has 2 aromatic carbocycles. The zero-order valence-corrected chi connectivity index (χ0v) is 18.6. The van der Waals surface area contributed by atoms with E-state index in [9.17, 15) is 13.2 Å². The number of anilines is 4. The minimum Gasteiger partial charge on any atom is -0.491 e. The first kappa shape index (κ1) is 22.9. The minimum absolute atomic E-state index is 0.00312. The minimum atomic E-state index is -4.59. The van der Waals surface area contributed by atoms with Gasteiger partial charge in [-0.1, -0.05) is 25.0 Å². The van der Waals surface area contributed by atoms with Crippen molar-refractivity contribution in [2.24, 2.45) is 0 Å². The molecule has 1 aliphatic carbocycles. The van der Waals surface area contributed by atoms with E-state index >= 15 is 0 Å². The van der Waals surface area contributed by atoms with E-state index in [0.717, 1.165) is 11.9 Å². The molecule has 0 unspecified atom stereocenters. The summed E-state index contributed by atoms with van der Waals surface area (Å²) in [4.78, 5) is 8.00. The average Bonchev–Trinajstić information content (AvgIpc) is 3.30. The van der Waals surface area contributed by atoms with E-state index in [1.54, 1.807) is 24.3 Å². The van der Waals surface area contributed by atoms with Gasteiger partial charge in [0.1, 0.15) is 17.1 Å². The van der Waals surface area contributed by atoms with Crippen LogP contribution in [0.1, 0.15) is 56.6 Å². The Morgan fingerprint density at radius 1 is 0.909 bits per heavy atom. The molecule has 0 amide bonds. The highest BCUT2D eigenvalue weighted by atomic mass is 19.4. The highest BCUT2D eigenvalue weighted by Gasteiger charge is 2.35. The van der Waals surface area contributed by atoms with Crippen molar-refractivity contribution in [3.8, 4) is 5.75 Å². The molecule has 0 saturated heterocycles. The average molecular weight is 457 g/mol. The first-order valence-electron chi connectivity index (χ1n) is 11.1. The third-order valence-electron chi connectivity index (χ3n) is 5.58. The molecule has 1 fully saturated rings. The van der Waals surface area contributed by atoms with Gasteiger partial charge < -0.3 is 15.4 Å². The van der Waals surface area contributed by atoms with Crippen LogP contribution >= 0.6 is 0 Å². The number of nitrogens with one attached hydrogen (secondary N) is 2. The predicted octanol–water partition coefficient (Wildman–Crippen LogP) is 7.43. The number of halogens is 3. The molecule has 1 heterocycles. The Morgan fingerprint density at radius 2 is 1.52 bits per heavy atom. The van der Waals surface area contributed by atoms with Crippen LogP contribution in [0.25, 0.3) is 0 Å². The maximum Gasteiger partial charge on any atom is 0.421 e. The number of aromatic nitrogens is 2. The molecule has 33 heavy (non-hydrogen) atoms. The van der Waals surface area contributed by atoms with Crippen molar-refractivity contribution in [3.05, 3.63) is 65.9 Å². The number of alkyl halides is 3. The van der Waals surface area contributed by atoms with Gasteiger partial charge in [0.2, 0.25) is 5.95 Å². The summed E-state index contributed by atoms with van der Waals surface area (Å²) < 4.78 is 46.2. The molecule has 0 atom stereocenters. The predicted molar refractivity (Wildman–Crippen MR) is 123 cm³/mol. The van der Waals surface area contributed by atoms with Gasteiger partial charge in [0.05, 0.1) is 6.10 Å². The van der Waals surface area contributed by atoms with Crippen molar-refractivity contribution in [2.75, 3.05) is 10.6 Å². The van der Waals surface area contributed by atoms with Crippen molar-refractivity contribution >= 4 is 23.1 Å². The second kappa shape index (κ2) is 9.68. The second-order valence-electron chi connectivity index (χ2n) is 8.50. The summed E-state index contributed by atoms with van der Waals surface area (Å²) in [5.74, 6) is 0.992. The van der Waals surface area contributed by atoms with E-state index < -0.39 is 11.7 Å². The third kappa shape index (κ3) is 5.94. The summed E-state index contributed by atoms with van der Waals surface area (Å²) in [5.41, 5.74) is 1.53. The molecule has 2 N–H and O–H groups in total. The lowest BCUT2D eigenvalue weighted by Crippen LogP contribution is -2.12. The van der Waals surface area contributed by atoms with Crippen molar-refractivity contribution in [3.63, 3.8) is 0 Å². The molecule has 1 aliphatic rings. The first-order chi connectivity index (χ1) is 15.8. The van der Waals surface area contributed by atoms with Gasteiger partial charge in [0, 0.05) is 17.6 Å². The van der Waals surface area contributed by atoms with Crippen LogP contribution in [0.15, 0.2) is 54.7 Å². The molecular weight excluding hydrogens is 429 g/mol. The van der Waals surface area contributed by atoms with Gasteiger partial charge in [-0.3, -0.25) is 0 Å². The number of hydrogen-bond donors (Lipinski definition) is 2. The second-order valence-corrected chi connectivity index (χ2v) is 8.50. The van der Waals surface area contributed by atoms with Gasteiger partial charge >= 0.3 is 6.18 Å². The van der Waals surface area contributed by atoms with E-state index in [4.69, 9.17) is 4.74 Å². The Labute approximate surface area is 191 Å². The van der Waals surface area contributed by atoms with E-state index in [-0.39, 0.29) is 17.9 Å². The van der Waals surface area contributed by atoms with Crippen molar-refractivity contribution in [1.82, 2.24) is 9.97 Å². The summed E-state index contributed by atoms with van der Waals surface area (Å²) in [7, 11) is 0. The van der Waals surface area contributed by atoms with Gasteiger partial charge in [-0.2, -0.15) is 18.2 Å². The number of rotatable bonds is 7. The van der Waals surface area contributed by atoms with E-state index in [0.29, 0.717) is 17.4 Å². The van der Waals surface area contributed by atoms with Gasteiger partial charge in [-0.25, -0.2) is 4.98 Å². The largest absolute Gasteiger partial charge is 0.491 e. The standard InChI is InChI=1S/C25H27F3N4O/c1-16(2)33-21-13-11-19(12-14-21)30-23-22(25(26,27)28)15-29-24(32-23)31-20-9-7-18(8-10-20)17-5-3-4-6-17/h7-17H,3-6H2,1-2H3,(H2,29,30,31,32). The Kier molecular flexibility index (Phi) is 6.72. The van der Waals surface area contributed by atoms with Crippen LogP contribution in [0.5, 0.6) is 5.75 Å². The van der Waals surface area contributed by atoms with Crippen LogP contribution in [0, 0.1) is 0 Å². The highest BCUT2D eigenvalue weighted by Crippen LogP contribution is 2.36. The van der Waals surface area contributed by atoms with Crippen molar-refractivity contribution in [1.29, 1.82) is 0 Å². The fourth-order valence-corrected chi connectivity index (χ4v) is 4.00. The maximum absolute atomic E-state index is 13.5. The van der Waals surface area contributed by atoms with E-state index in [1.165, 1.54) is 31.2 Å². The van der Waals surface area contributed by atoms with Gasteiger partial charge in [0.15, 0.2) is 0 Å². The molecule has 8 heteroatoms. The van der Waals surface area contributed by atoms with Crippen molar-refractivity contribution in [2.45, 2.75) is 57.7 Å². The van der Waals surface area contributed by atoms with E-state index in [1.807, 2.05) is 26.0 Å². The SMILES string of the molecule is CC(C)Oc1ccc(Nc2nc(Nc3ccc(C4CCCC4)cc3)ncc2C(F)(F)F)cc1. The summed E-state index contributed by atoms with van der Waals surface area (Å²) >= 11 is 0. The number of nitrogens with zero attached hydrogens (tertiary/aromatic N) is 2. The Balaban J connectivity index is 1.53. The van der Waals surface area contributed by atoms with Crippen LogP contribution in [-0.2, 0) is 6.18 Å².